The highest BCUT2D eigenvalue weighted by molar-refractivity contribution is 7.89. The van der Waals surface area contributed by atoms with Gasteiger partial charge >= 0.3 is 0 Å². The van der Waals surface area contributed by atoms with Crippen molar-refractivity contribution >= 4 is 10.0 Å². The summed E-state index contributed by atoms with van der Waals surface area (Å²) < 4.78 is 26.4. The van der Waals surface area contributed by atoms with E-state index < -0.39 is 10.0 Å². The van der Waals surface area contributed by atoms with Gasteiger partial charge in [0.15, 0.2) is 5.03 Å². The van der Waals surface area contributed by atoms with Crippen molar-refractivity contribution in [3.8, 4) is 0 Å². The largest absolute Gasteiger partial charge is 0.326 e. The van der Waals surface area contributed by atoms with E-state index >= 15 is 0 Å². The van der Waals surface area contributed by atoms with Crippen molar-refractivity contribution in [3.05, 3.63) is 23.9 Å². The van der Waals surface area contributed by atoms with E-state index in [1.807, 2.05) is 6.92 Å². The first-order chi connectivity index (χ1) is 7.45. The average molecular weight is 241 g/mol. The van der Waals surface area contributed by atoms with Crippen LogP contribution < -0.4 is 10.5 Å². The van der Waals surface area contributed by atoms with Crippen LogP contribution in [-0.4, -0.2) is 18.9 Å². The van der Waals surface area contributed by atoms with Crippen molar-refractivity contribution in [1.82, 2.24) is 9.71 Å². The Bertz CT molecular complexity index is 477. The lowest BCUT2D eigenvalue weighted by molar-refractivity contribution is 0.554. The zero-order valence-electron chi connectivity index (χ0n) is 9.10. The standard InChI is InChI=1S/C10H15N3O2S/c1-10(4-5-10)13-16(14,15)9-3-2-8(6-11)7-12-9/h2-3,7,13H,4-6,11H2,1H3. The summed E-state index contributed by atoms with van der Waals surface area (Å²) in [6.07, 6.45) is 3.25. The van der Waals surface area contributed by atoms with E-state index in [1.165, 1.54) is 12.3 Å². The quantitative estimate of drug-likeness (QED) is 0.797. The smallest absolute Gasteiger partial charge is 0.258 e. The third-order valence-electron chi connectivity index (χ3n) is 2.69. The van der Waals surface area contributed by atoms with E-state index in [2.05, 4.69) is 9.71 Å². The third kappa shape index (κ3) is 2.40. The van der Waals surface area contributed by atoms with Crippen LogP contribution in [0.1, 0.15) is 25.3 Å². The Balaban J connectivity index is 2.21. The number of hydrogen-bond donors (Lipinski definition) is 2. The molecule has 6 heteroatoms. The van der Waals surface area contributed by atoms with Crippen LogP contribution in [0.2, 0.25) is 0 Å². The molecule has 5 nitrogen and oxygen atoms in total. The number of nitrogens with one attached hydrogen (secondary N) is 1. The highest BCUT2D eigenvalue weighted by Gasteiger charge is 2.41. The third-order valence-corrected chi connectivity index (χ3v) is 4.24. The predicted octanol–water partition coefficient (Wildman–Crippen LogP) is 0.371. The van der Waals surface area contributed by atoms with Gasteiger partial charge in [-0.2, -0.15) is 0 Å². The molecule has 1 aromatic rings. The summed E-state index contributed by atoms with van der Waals surface area (Å²) in [5.74, 6) is 0. The molecule has 2 rings (SSSR count). The molecule has 16 heavy (non-hydrogen) atoms. The summed E-state index contributed by atoms with van der Waals surface area (Å²) in [5.41, 5.74) is 5.96. The minimum absolute atomic E-state index is 0.0535. The zero-order chi connectivity index (χ0) is 11.8. The molecule has 0 aromatic carbocycles. The van der Waals surface area contributed by atoms with Crippen LogP contribution in [0, 0.1) is 0 Å². The summed E-state index contributed by atoms with van der Waals surface area (Å²) >= 11 is 0. The first-order valence-corrected chi connectivity index (χ1v) is 6.62. The van der Waals surface area contributed by atoms with Gasteiger partial charge in [0.2, 0.25) is 0 Å². The van der Waals surface area contributed by atoms with Gasteiger partial charge in [-0.1, -0.05) is 6.07 Å². The maximum absolute atomic E-state index is 11.9. The summed E-state index contributed by atoms with van der Waals surface area (Å²) in [5, 5.41) is 0.0535. The summed E-state index contributed by atoms with van der Waals surface area (Å²) in [4.78, 5) is 3.90. The second-order valence-electron chi connectivity index (χ2n) is 4.37. The van der Waals surface area contributed by atoms with Crippen LogP contribution in [-0.2, 0) is 16.6 Å². The molecule has 0 amide bonds. The van der Waals surface area contributed by atoms with Crippen LogP contribution in [0.5, 0.6) is 0 Å². The molecule has 0 atom stereocenters. The first kappa shape index (κ1) is 11.5. The fraction of sp³-hybridized carbons (Fsp3) is 0.500. The Morgan fingerprint density at radius 1 is 1.50 bits per heavy atom. The molecule has 3 N–H and O–H groups in total. The van der Waals surface area contributed by atoms with Crippen molar-refractivity contribution in [3.63, 3.8) is 0 Å². The van der Waals surface area contributed by atoms with Crippen LogP contribution >= 0.6 is 0 Å². The highest BCUT2D eigenvalue weighted by atomic mass is 32.2. The molecule has 1 aromatic heterocycles. The number of hydrogen-bond acceptors (Lipinski definition) is 4. The molecular weight excluding hydrogens is 226 g/mol. The molecule has 1 aliphatic carbocycles. The van der Waals surface area contributed by atoms with Gasteiger partial charge in [-0.25, -0.2) is 18.1 Å². The minimum atomic E-state index is -3.48. The van der Waals surface area contributed by atoms with Gasteiger partial charge < -0.3 is 5.73 Å². The molecule has 1 fully saturated rings. The maximum atomic E-state index is 11.9. The van der Waals surface area contributed by atoms with Gasteiger partial charge in [-0.05, 0) is 31.4 Å². The van der Waals surface area contributed by atoms with Crippen molar-refractivity contribution in [2.45, 2.75) is 36.9 Å². The van der Waals surface area contributed by atoms with Gasteiger partial charge in [0, 0.05) is 18.3 Å². The first-order valence-electron chi connectivity index (χ1n) is 5.14. The highest BCUT2D eigenvalue weighted by Crippen LogP contribution is 2.35. The SMILES string of the molecule is CC1(NS(=O)(=O)c2ccc(CN)cn2)CC1. The van der Waals surface area contributed by atoms with Gasteiger partial charge in [0.05, 0.1) is 0 Å². The molecule has 0 saturated heterocycles. The molecule has 0 bridgehead atoms. The fourth-order valence-corrected chi connectivity index (χ4v) is 2.75. The molecule has 0 spiro atoms. The van der Waals surface area contributed by atoms with E-state index in [4.69, 9.17) is 5.73 Å². The van der Waals surface area contributed by atoms with Crippen LogP contribution in [0.4, 0.5) is 0 Å². The number of sulfonamides is 1. The van der Waals surface area contributed by atoms with E-state index in [0.29, 0.717) is 6.54 Å². The summed E-state index contributed by atoms with van der Waals surface area (Å²) in [7, 11) is -3.48. The van der Waals surface area contributed by atoms with Gasteiger partial charge in [0.1, 0.15) is 0 Å². The monoisotopic (exact) mass is 241 g/mol. The number of nitrogens with two attached hydrogens (primary N) is 1. The normalized spacial score (nSPS) is 18.4. The Labute approximate surface area is 95.1 Å². The maximum Gasteiger partial charge on any atom is 0.258 e. The molecule has 88 valence electrons. The number of nitrogens with zero attached hydrogens (tertiary/aromatic N) is 1. The van der Waals surface area contributed by atoms with Gasteiger partial charge in [-0.3, -0.25) is 0 Å². The van der Waals surface area contributed by atoms with Crippen molar-refractivity contribution in [2.75, 3.05) is 0 Å². The second-order valence-corrected chi connectivity index (χ2v) is 6.00. The number of pyridine rings is 1. The number of aromatic nitrogens is 1. The Morgan fingerprint density at radius 2 is 2.19 bits per heavy atom. The van der Waals surface area contributed by atoms with Crippen LogP contribution in [0.15, 0.2) is 23.4 Å². The molecule has 0 aliphatic heterocycles. The van der Waals surface area contributed by atoms with E-state index in [1.54, 1.807) is 6.07 Å². The predicted molar refractivity (Wildman–Crippen MR) is 60.1 cm³/mol. The Morgan fingerprint density at radius 3 is 2.62 bits per heavy atom. The van der Waals surface area contributed by atoms with Gasteiger partial charge in [-0.15, -0.1) is 0 Å². The van der Waals surface area contributed by atoms with Crippen LogP contribution in [0.25, 0.3) is 0 Å². The fourth-order valence-electron chi connectivity index (χ4n) is 1.36. The second kappa shape index (κ2) is 3.80. The molecule has 1 heterocycles. The van der Waals surface area contributed by atoms with Crippen LogP contribution in [0.3, 0.4) is 0 Å². The number of rotatable bonds is 4. The van der Waals surface area contributed by atoms with E-state index in [0.717, 1.165) is 18.4 Å². The zero-order valence-corrected chi connectivity index (χ0v) is 9.92. The summed E-state index contributed by atoms with van der Waals surface area (Å²) in [6.45, 7) is 2.25. The van der Waals surface area contributed by atoms with Gasteiger partial charge in [0.25, 0.3) is 10.0 Å². The van der Waals surface area contributed by atoms with E-state index in [9.17, 15) is 8.42 Å². The molecule has 0 unspecified atom stereocenters. The lowest BCUT2D eigenvalue weighted by Gasteiger charge is -2.11. The Hall–Kier alpha value is -0.980. The topological polar surface area (TPSA) is 85.1 Å². The molecule has 1 aliphatic rings. The Kier molecular flexibility index (Phi) is 2.73. The lowest BCUT2D eigenvalue weighted by Crippen LogP contribution is -2.34. The average Bonchev–Trinajstić information content (AvgIpc) is 2.95. The molecular formula is C10H15N3O2S. The lowest BCUT2D eigenvalue weighted by atomic mass is 10.3. The summed E-state index contributed by atoms with van der Waals surface area (Å²) in [6, 6.07) is 3.16. The molecule has 1 saturated carbocycles. The minimum Gasteiger partial charge on any atom is -0.326 e. The van der Waals surface area contributed by atoms with Crippen molar-refractivity contribution < 1.29 is 8.42 Å². The van der Waals surface area contributed by atoms with Crippen molar-refractivity contribution in [1.29, 1.82) is 0 Å². The van der Waals surface area contributed by atoms with E-state index in [-0.39, 0.29) is 10.6 Å². The molecule has 0 radical (unpaired) electrons. The van der Waals surface area contributed by atoms with Crippen molar-refractivity contribution in [2.24, 2.45) is 5.73 Å².